The molecule has 0 spiro atoms. The molecule has 1 aromatic rings. The maximum atomic E-state index is 12.2. The number of carbonyl (C=O) groups excluding carboxylic acids is 3. The van der Waals surface area contributed by atoms with E-state index in [-0.39, 0.29) is 11.7 Å². The molecule has 18 heavy (non-hydrogen) atoms. The molecule has 3 amide bonds. The van der Waals surface area contributed by atoms with Gasteiger partial charge in [0.05, 0.1) is 5.69 Å². The zero-order valence-electron chi connectivity index (χ0n) is 9.89. The summed E-state index contributed by atoms with van der Waals surface area (Å²) in [4.78, 5) is 40.6. The van der Waals surface area contributed by atoms with Gasteiger partial charge in [0.25, 0.3) is 5.91 Å². The van der Waals surface area contributed by atoms with Crippen LogP contribution < -0.4 is 11.1 Å². The highest BCUT2D eigenvalue weighted by Gasteiger charge is 2.35. The number of hydrogen-bond acceptors (Lipinski definition) is 6. The van der Waals surface area contributed by atoms with Crippen LogP contribution in [0.4, 0.5) is 5.13 Å². The van der Waals surface area contributed by atoms with Crippen molar-refractivity contribution >= 4 is 34.2 Å². The average molecular weight is 268 g/mol. The molecule has 1 aromatic heterocycles. The molecule has 2 heterocycles. The van der Waals surface area contributed by atoms with Gasteiger partial charge in [-0.1, -0.05) is 11.3 Å². The minimum Gasteiger partial charge on any atom is -0.375 e. The van der Waals surface area contributed by atoms with E-state index in [1.54, 1.807) is 13.8 Å². The van der Waals surface area contributed by atoms with Crippen LogP contribution in [-0.4, -0.2) is 40.2 Å². The molecule has 2 rings (SSSR count). The second-order valence-corrected chi connectivity index (χ2v) is 5.02. The summed E-state index contributed by atoms with van der Waals surface area (Å²) >= 11 is 1.05. The van der Waals surface area contributed by atoms with Gasteiger partial charge in [-0.2, -0.15) is 0 Å². The van der Waals surface area contributed by atoms with E-state index in [1.165, 1.54) is 4.90 Å². The van der Waals surface area contributed by atoms with Gasteiger partial charge in [0, 0.05) is 0 Å². The highest BCUT2D eigenvalue weighted by molar-refractivity contribution is 7.17. The number of aryl methyl sites for hydroxylation is 1. The van der Waals surface area contributed by atoms with Crippen LogP contribution in [0.5, 0.6) is 0 Å². The summed E-state index contributed by atoms with van der Waals surface area (Å²) in [6.45, 7) is 3.10. The Hall–Kier alpha value is -1.96. The highest BCUT2D eigenvalue weighted by atomic mass is 32.1. The van der Waals surface area contributed by atoms with Crippen molar-refractivity contribution in [2.75, 3.05) is 12.3 Å². The monoisotopic (exact) mass is 268 g/mol. The van der Waals surface area contributed by atoms with Crippen molar-refractivity contribution < 1.29 is 14.4 Å². The van der Waals surface area contributed by atoms with Gasteiger partial charge in [-0.25, -0.2) is 4.98 Å². The number of nitrogen functional groups attached to an aromatic ring is 1. The Labute approximate surface area is 107 Å². The quantitative estimate of drug-likeness (QED) is 0.669. The van der Waals surface area contributed by atoms with E-state index >= 15 is 0 Å². The van der Waals surface area contributed by atoms with Crippen LogP contribution in [0.3, 0.4) is 0 Å². The molecule has 1 aliphatic rings. The van der Waals surface area contributed by atoms with Crippen molar-refractivity contribution in [3.8, 4) is 0 Å². The predicted octanol–water partition coefficient (Wildman–Crippen LogP) is -0.479. The van der Waals surface area contributed by atoms with Gasteiger partial charge >= 0.3 is 0 Å². The molecule has 0 saturated carbocycles. The van der Waals surface area contributed by atoms with Crippen LogP contribution in [0.25, 0.3) is 0 Å². The van der Waals surface area contributed by atoms with Crippen LogP contribution >= 0.6 is 11.3 Å². The third-order valence-electron chi connectivity index (χ3n) is 2.69. The number of rotatable bonds is 1. The lowest BCUT2D eigenvalue weighted by Crippen LogP contribution is -2.58. The summed E-state index contributed by atoms with van der Waals surface area (Å²) in [5.74, 6) is -1.35. The number of imide groups is 1. The first-order valence-corrected chi connectivity index (χ1v) is 6.09. The van der Waals surface area contributed by atoms with Gasteiger partial charge in [0.15, 0.2) is 5.13 Å². The van der Waals surface area contributed by atoms with Crippen molar-refractivity contribution in [2.45, 2.75) is 19.9 Å². The molecular formula is C10H12N4O3S. The van der Waals surface area contributed by atoms with Crippen molar-refractivity contribution in [1.82, 2.24) is 15.2 Å². The first-order chi connectivity index (χ1) is 8.40. The van der Waals surface area contributed by atoms with E-state index in [1.807, 2.05) is 0 Å². The average Bonchev–Trinajstić information content (AvgIpc) is 2.62. The number of anilines is 1. The van der Waals surface area contributed by atoms with Gasteiger partial charge in [-0.15, -0.1) is 0 Å². The maximum absolute atomic E-state index is 12.2. The molecule has 7 nitrogen and oxygen atoms in total. The first kappa shape index (κ1) is 12.5. The number of nitrogens with two attached hydrogens (primary N) is 1. The molecule has 1 unspecified atom stereocenters. The summed E-state index contributed by atoms with van der Waals surface area (Å²) in [6, 6.07) is -0.682. The number of piperazine rings is 1. The molecule has 1 fully saturated rings. The predicted molar refractivity (Wildman–Crippen MR) is 64.9 cm³/mol. The Morgan fingerprint density at radius 3 is 2.78 bits per heavy atom. The molecule has 1 aliphatic heterocycles. The van der Waals surface area contributed by atoms with Crippen molar-refractivity contribution in [3.05, 3.63) is 10.6 Å². The Balaban J connectivity index is 2.30. The van der Waals surface area contributed by atoms with Gasteiger partial charge in [0.1, 0.15) is 17.5 Å². The van der Waals surface area contributed by atoms with Crippen LogP contribution in [-0.2, 0) is 9.59 Å². The van der Waals surface area contributed by atoms with Crippen molar-refractivity contribution in [2.24, 2.45) is 0 Å². The standard InChI is InChI=1S/C10H12N4O3S/c1-4-7(18-10(11)12-4)9(17)14-3-6(15)13-8(16)5(14)2/h5H,3H2,1-2H3,(H2,11,12)(H,13,15,16). The fourth-order valence-corrected chi connectivity index (χ4v) is 2.50. The first-order valence-electron chi connectivity index (χ1n) is 5.27. The lowest BCUT2D eigenvalue weighted by atomic mass is 10.2. The molecule has 0 radical (unpaired) electrons. The normalized spacial score (nSPS) is 19.9. The molecular weight excluding hydrogens is 256 g/mol. The molecule has 1 saturated heterocycles. The molecule has 8 heteroatoms. The zero-order valence-corrected chi connectivity index (χ0v) is 10.7. The fraction of sp³-hybridized carbons (Fsp3) is 0.400. The van der Waals surface area contributed by atoms with Gasteiger partial charge in [-0.05, 0) is 13.8 Å². The summed E-state index contributed by atoms with van der Waals surface area (Å²) in [7, 11) is 0. The number of nitrogens with zero attached hydrogens (tertiary/aromatic N) is 2. The number of aromatic nitrogens is 1. The van der Waals surface area contributed by atoms with Crippen LogP contribution in [0.15, 0.2) is 0 Å². The van der Waals surface area contributed by atoms with E-state index in [9.17, 15) is 14.4 Å². The lowest BCUT2D eigenvalue weighted by Gasteiger charge is -2.31. The molecule has 96 valence electrons. The van der Waals surface area contributed by atoms with Crippen LogP contribution in [0, 0.1) is 6.92 Å². The maximum Gasteiger partial charge on any atom is 0.267 e. The molecule has 0 aromatic carbocycles. The second kappa shape index (κ2) is 4.37. The van der Waals surface area contributed by atoms with Gasteiger partial charge in [0.2, 0.25) is 11.8 Å². The minimum atomic E-state index is -0.682. The fourth-order valence-electron chi connectivity index (χ4n) is 1.71. The van der Waals surface area contributed by atoms with Crippen LogP contribution in [0.2, 0.25) is 0 Å². The van der Waals surface area contributed by atoms with Crippen molar-refractivity contribution in [1.29, 1.82) is 0 Å². The largest absolute Gasteiger partial charge is 0.375 e. The number of carbonyl (C=O) groups is 3. The molecule has 1 atom stereocenters. The van der Waals surface area contributed by atoms with Gasteiger partial charge < -0.3 is 10.6 Å². The Kier molecular flexibility index (Phi) is 3.04. The summed E-state index contributed by atoms with van der Waals surface area (Å²) in [6.07, 6.45) is 0. The van der Waals surface area contributed by atoms with E-state index < -0.39 is 23.8 Å². The van der Waals surface area contributed by atoms with Crippen molar-refractivity contribution in [3.63, 3.8) is 0 Å². The smallest absolute Gasteiger partial charge is 0.267 e. The Morgan fingerprint density at radius 1 is 1.56 bits per heavy atom. The van der Waals surface area contributed by atoms with E-state index in [0.29, 0.717) is 10.6 Å². The Bertz CT molecular complexity index is 539. The molecule has 3 N–H and O–H groups in total. The zero-order chi connectivity index (χ0) is 13.4. The summed E-state index contributed by atoms with van der Waals surface area (Å²) in [5, 5.41) is 2.46. The number of thiazole rings is 1. The second-order valence-electron chi connectivity index (χ2n) is 3.99. The van der Waals surface area contributed by atoms with Gasteiger partial charge in [-0.3, -0.25) is 19.7 Å². The number of nitrogens with one attached hydrogen (secondary N) is 1. The third kappa shape index (κ3) is 2.06. The highest BCUT2D eigenvalue weighted by Crippen LogP contribution is 2.22. The number of amides is 3. The molecule has 0 aliphatic carbocycles. The van der Waals surface area contributed by atoms with E-state index in [4.69, 9.17) is 5.73 Å². The Morgan fingerprint density at radius 2 is 2.22 bits per heavy atom. The van der Waals surface area contributed by atoms with Crippen LogP contribution in [0.1, 0.15) is 22.3 Å². The van der Waals surface area contributed by atoms with E-state index in [2.05, 4.69) is 10.3 Å². The summed E-state index contributed by atoms with van der Waals surface area (Å²) < 4.78 is 0. The van der Waals surface area contributed by atoms with E-state index in [0.717, 1.165) is 11.3 Å². The lowest BCUT2D eigenvalue weighted by molar-refractivity contribution is -0.138. The minimum absolute atomic E-state index is 0.136. The third-order valence-corrected chi connectivity index (χ3v) is 3.67. The topological polar surface area (TPSA) is 105 Å². The summed E-state index contributed by atoms with van der Waals surface area (Å²) in [5.41, 5.74) is 6.03. The molecule has 0 bridgehead atoms. The SMILES string of the molecule is Cc1nc(N)sc1C(=O)N1CC(=O)NC(=O)C1C. The number of hydrogen-bond donors (Lipinski definition) is 2.